The van der Waals surface area contributed by atoms with Crippen molar-refractivity contribution in [3.63, 3.8) is 0 Å². The van der Waals surface area contributed by atoms with E-state index < -0.39 is 0 Å². The number of urea groups is 1. The molecule has 5 heteroatoms. The number of nitrogens with zero attached hydrogens (tertiary/aromatic N) is 1. The van der Waals surface area contributed by atoms with Gasteiger partial charge < -0.3 is 20.4 Å². The summed E-state index contributed by atoms with van der Waals surface area (Å²) >= 11 is 0. The molecule has 0 radical (unpaired) electrons. The Hall–Kier alpha value is -1.91. The van der Waals surface area contributed by atoms with E-state index in [0.29, 0.717) is 19.0 Å². The Kier molecular flexibility index (Phi) is 4.94. The quantitative estimate of drug-likeness (QED) is 0.801. The van der Waals surface area contributed by atoms with E-state index in [1.54, 1.807) is 12.1 Å². The normalized spacial score (nSPS) is 19.9. The van der Waals surface area contributed by atoms with Crippen LogP contribution in [0.25, 0.3) is 0 Å². The van der Waals surface area contributed by atoms with Gasteiger partial charge in [-0.25, -0.2) is 4.79 Å². The molecule has 0 bridgehead atoms. The molecule has 3 N–H and O–H groups in total. The molecule has 1 aromatic carbocycles. The van der Waals surface area contributed by atoms with Crippen LogP contribution in [0.3, 0.4) is 0 Å². The van der Waals surface area contributed by atoms with Gasteiger partial charge in [0, 0.05) is 25.7 Å². The van der Waals surface area contributed by atoms with Gasteiger partial charge in [0.15, 0.2) is 0 Å². The van der Waals surface area contributed by atoms with Crippen LogP contribution in [0, 0.1) is 5.92 Å². The number of aromatic hydroxyl groups is 2. The molecule has 2 aliphatic rings. The molecular formula is C18H26N2O3. The minimum Gasteiger partial charge on any atom is -0.508 e. The van der Waals surface area contributed by atoms with Crippen molar-refractivity contribution in [3.8, 4) is 11.5 Å². The number of hydrogen-bond donors (Lipinski definition) is 3. The number of carbonyl (C=O) groups excluding carboxylic acids is 1. The van der Waals surface area contributed by atoms with Crippen molar-refractivity contribution >= 4 is 6.03 Å². The summed E-state index contributed by atoms with van der Waals surface area (Å²) in [5.41, 5.74) is 0.869. The van der Waals surface area contributed by atoms with E-state index >= 15 is 0 Å². The summed E-state index contributed by atoms with van der Waals surface area (Å²) in [7, 11) is 0. The maximum Gasteiger partial charge on any atom is 0.317 e. The van der Waals surface area contributed by atoms with Crippen molar-refractivity contribution in [3.05, 3.63) is 23.8 Å². The lowest BCUT2D eigenvalue weighted by Crippen LogP contribution is -2.45. The minimum absolute atomic E-state index is 0.0466. The smallest absolute Gasteiger partial charge is 0.317 e. The Morgan fingerprint density at radius 2 is 1.83 bits per heavy atom. The number of phenols is 2. The number of likely N-dealkylation sites (tertiary alicyclic amines) is 1. The van der Waals surface area contributed by atoms with Gasteiger partial charge in [-0.15, -0.1) is 0 Å². The number of nitrogens with one attached hydrogen (secondary N) is 1. The SMILES string of the molecule is O=C(NCC1CCCC1)N1CCC(c2ccc(O)cc2O)CC1. The third kappa shape index (κ3) is 3.89. The van der Waals surface area contributed by atoms with Gasteiger partial charge in [-0.1, -0.05) is 18.9 Å². The highest BCUT2D eigenvalue weighted by atomic mass is 16.3. The molecule has 2 fully saturated rings. The zero-order valence-electron chi connectivity index (χ0n) is 13.5. The lowest BCUT2D eigenvalue weighted by atomic mass is 9.89. The second kappa shape index (κ2) is 7.11. The molecule has 23 heavy (non-hydrogen) atoms. The van der Waals surface area contributed by atoms with Gasteiger partial charge in [-0.3, -0.25) is 0 Å². The van der Waals surface area contributed by atoms with Crippen molar-refractivity contribution in [2.45, 2.75) is 44.4 Å². The molecule has 5 nitrogen and oxygen atoms in total. The van der Waals surface area contributed by atoms with Crippen LogP contribution in [0.4, 0.5) is 4.79 Å². The van der Waals surface area contributed by atoms with Crippen molar-refractivity contribution in [1.29, 1.82) is 0 Å². The first kappa shape index (κ1) is 16.0. The van der Waals surface area contributed by atoms with Crippen molar-refractivity contribution in [1.82, 2.24) is 10.2 Å². The Bertz CT molecular complexity index is 547. The number of phenolic OH excluding ortho intramolecular Hbond substituents is 2. The summed E-state index contributed by atoms with van der Waals surface area (Å²) in [5.74, 6) is 1.13. The number of piperidine rings is 1. The fourth-order valence-corrected chi connectivity index (χ4v) is 3.83. The fourth-order valence-electron chi connectivity index (χ4n) is 3.83. The van der Waals surface area contributed by atoms with Gasteiger partial charge in [-0.2, -0.15) is 0 Å². The zero-order chi connectivity index (χ0) is 16.2. The van der Waals surface area contributed by atoms with Gasteiger partial charge in [0.05, 0.1) is 0 Å². The van der Waals surface area contributed by atoms with Crippen molar-refractivity contribution in [2.75, 3.05) is 19.6 Å². The van der Waals surface area contributed by atoms with Crippen molar-refractivity contribution in [2.24, 2.45) is 5.92 Å². The van der Waals surface area contributed by atoms with E-state index in [-0.39, 0.29) is 23.4 Å². The topological polar surface area (TPSA) is 72.8 Å². The van der Waals surface area contributed by atoms with Crippen LogP contribution in [0.15, 0.2) is 18.2 Å². The monoisotopic (exact) mass is 318 g/mol. The maximum atomic E-state index is 12.2. The lowest BCUT2D eigenvalue weighted by molar-refractivity contribution is 0.179. The van der Waals surface area contributed by atoms with E-state index in [2.05, 4.69) is 5.32 Å². The number of amides is 2. The molecule has 0 spiro atoms. The van der Waals surface area contributed by atoms with Gasteiger partial charge in [0.2, 0.25) is 0 Å². The van der Waals surface area contributed by atoms with Gasteiger partial charge in [0.25, 0.3) is 0 Å². The second-order valence-electron chi connectivity index (χ2n) is 6.84. The number of rotatable bonds is 3. The Morgan fingerprint density at radius 1 is 1.13 bits per heavy atom. The van der Waals surface area contributed by atoms with Crippen LogP contribution >= 0.6 is 0 Å². The highest BCUT2D eigenvalue weighted by Crippen LogP contribution is 2.35. The lowest BCUT2D eigenvalue weighted by Gasteiger charge is -2.32. The first-order chi connectivity index (χ1) is 11.1. The molecule has 0 atom stereocenters. The molecule has 1 aliphatic carbocycles. The average molecular weight is 318 g/mol. The first-order valence-electron chi connectivity index (χ1n) is 8.68. The molecule has 1 aliphatic heterocycles. The van der Waals surface area contributed by atoms with E-state index in [9.17, 15) is 15.0 Å². The summed E-state index contributed by atoms with van der Waals surface area (Å²) in [4.78, 5) is 14.1. The fraction of sp³-hybridized carbons (Fsp3) is 0.611. The standard InChI is InChI=1S/C18H26N2O3/c21-15-5-6-16(17(22)11-15)14-7-9-20(10-8-14)18(23)19-12-13-3-1-2-4-13/h5-6,11,13-14,21-22H,1-4,7-10,12H2,(H,19,23). The van der Waals surface area contributed by atoms with E-state index in [4.69, 9.17) is 0 Å². The average Bonchev–Trinajstić information content (AvgIpc) is 3.06. The molecule has 1 heterocycles. The second-order valence-corrected chi connectivity index (χ2v) is 6.84. The van der Waals surface area contributed by atoms with Crippen molar-refractivity contribution < 1.29 is 15.0 Å². The predicted molar refractivity (Wildman–Crippen MR) is 88.7 cm³/mol. The van der Waals surface area contributed by atoms with Crippen LogP contribution in [-0.2, 0) is 0 Å². The Morgan fingerprint density at radius 3 is 2.48 bits per heavy atom. The predicted octanol–water partition coefficient (Wildman–Crippen LogP) is 3.18. The third-order valence-corrected chi connectivity index (χ3v) is 5.25. The van der Waals surface area contributed by atoms with Crippen LogP contribution < -0.4 is 5.32 Å². The maximum absolute atomic E-state index is 12.2. The molecule has 0 aromatic heterocycles. The van der Waals surface area contributed by atoms with Crippen LogP contribution in [0.1, 0.15) is 50.0 Å². The van der Waals surface area contributed by atoms with E-state index in [1.807, 2.05) is 4.90 Å². The largest absolute Gasteiger partial charge is 0.508 e. The number of benzene rings is 1. The van der Waals surface area contributed by atoms with E-state index in [0.717, 1.165) is 24.9 Å². The van der Waals surface area contributed by atoms with Crippen LogP contribution in [-0.4, -0.2) is 40.8 Å². The molecule has 126 valence electrons. The Labute approximate surface area is 137 Å². The first-order valence-corrected chi connectivity index (χ1v) is 8.68. The van der Waals surface area contributed by atoms with E-state index in [1.165, 1.54) is 31.7 Å². The molecule has 1 saturated heterocycles. The zero-order valence-corrected chi connectivity index (χ0v) is 13.5. The molecule has 1 saturated carbocycles. The molecule has 3 rings (SSSR count). The highest BCUT2D eigenvalue weighted by Gasteiger charge is 2.26. The number of hydrogen-bond acceptors (Lipinski definition) is 3. The van der Waals surface area contributed by atoms with Crippen LogP contribution in [0.5, 0.6) is 11.5 Å². The Balaban J connectivity index is 1.48. The molecule has 0 unspecified atom stereocenters. The molecule has 1 aromatic rings. The highest BCUT2D eigenvalue weighted by molar-refractivity contribution is 5.74. The summed E-state index contributed by atoms with van der Waals surface area (Å²) < 4.78 is 0. The van der Waals surface area contributed by atoms with Gasteiger partial charge in [-0.05, 0) is 49.1 Å². The molecular weight excluding hydrogens is 292 g/mol. The molecule has 2 amide bonds. The minimum atomic E-state index is 0.0466. The summed E-state index contributed by atoms with van der Waals surface area (Å²) in [5, 5.41) is 22.4. The summed E-state index contributed by atoms with van der Waals surface area (Å²) in [6.45, 7) is 2.22. The van der Waals surface area contributed by atoms with Gasteiger partial charge >= 0.3 is 6.03 Å². The van der Waals surface area contributed by atoms with Gasteiger partial charge in [0.1, 0.15) is 11.5 Å². The number of carbonyl (C=O) groups is 1. The summed E-state index contributed by atoms with van der Waals surface area (Å²) in [6.07, 6.45) is 6.75. The van der Waals surface area contributed by atoms with Crippen LogP contribution in [0.2, 0.25) is 0 Å². The third-order valence-electron chi connectivity index (χ3n) is 5.25. The summed E-state index contributed by atoms with van der Waals surface area (Å²) in [6, 6.07) is 4.82.